The molecule has 1 aliphatic rings. The summed E-state index contributed by atoms with van der Waals surface area (Å²) in [6.45, 7) is 2.68. The van der Waals surface area contributed by atoms with Gasteiger partial charge in [-0.15, -0.1) is 11.6 Å². The largest absolute Gasteiger partial charge is 0.394 e. The number of amides is 1. The number of aliphatic hydroxyl groups is 1. The smallest absolute Gasteiger partial charge is 0.245 e. The Balaban J connectivity index is 2.06. The molecular formula is C14H18ClNO3. The van der Waals surface area contributed by atoms with E-state index >= 15 is 0 Å². The zero-order valence-corrected chi connectivity index (χ0v) is 11.6. The van der Waals surface area contributed by atoms with Crippen molar-refractivity contribution in [2.24, 2.45) is 0 Å². The van der Waals surface area contributed by atoms with E-state index in [9.17, 15) is 4.79 Å². The summed E-state index contributed by atoms with van der Waals surface area (Å²) in [5.74, 6) is -0.138. The molecule has 1 fully saturated rings. The molecule has 0 aromatic heterocycles. The summed E-state index contributed by atoms with van der Waals surface area (Å²) < 4.78 is 5.51. The first-order chi connectivity index (χ1) is 9.11. The van der Waals surface area contributed by atoms with Crippen LogP contribution in [-0.4, -0.2) is 47.8 Å². The highest BCUT2D eigenvalue weighted by Gasteiger charge is 2.31. The third-order valence-electron chi connectivity index (χ3n) is 3.15. The molecule has 1 heterocycles. The second-order valence-corrected chi connectivity index (χ2v) is 5.20. The highest BCUT2D eigenvalue weighted by molar-refractivity contribution is 6.30. The summed E-state index contributed by atoms with van der Waals surface area (Å²) >= 11 is 6.23. The fourth-order valence-electron chi connectivity index (χ4n) is 2.25. The number of alkyl halides is 1. The molecule has 0 radical (unpaired) electrons. The number of benzene rings is 1. The predicted molar refractivity (Wildman–Crippen MR) is 73.0 cm³/mol. The van der Waals surface area contributed by atoms with Gasteiger partial charge in [-0.3, -0.25) is 4.79 Å². The first-order valence-electron chi connectivity index (χ1n) is 6.36. The minimum Gasteiger partial charge on any atom is -0.394 e. The Kier molecular flexibility index (Phi) is 4.80. The summed E-state index contributed by atoms with van der Waals surface area (Å²) in [6.07, 6.45) is -0.415. The van der Waals surface area contributed by atoms with Crippen molar-refractivity contribution >= 4 is 17.5 Å². The van der Waals surface area contributed by atoms with Crippen LogP contribution in [0.15, 0.2) is 30.3 Å². The second kappa shape index (κ2) is 6.37. The van der Waals surface area contributed by atoms with Gasteiger partial charge in [0.1, 0.15) is 5.38 Å². The highest BCUT2D eigenvalue weighted by Crippen LogP contribution is 2.24. The van der Waals surface area contributed by atoms with Gasteiger partial charge in [-0.2, -0.15) is 0 Å². The standard InChI is InChI=1S/C14H18ClNO3/c1-10-7-16(8-12(9-17)19-10)14(18)13(15)11-5-3-2-4-6-11/h2-6,10,12-13,17H,7-9H2,1H3. The number of ether oxygens (including phenoxy) is 1. The number of carbonyl (C=O) groups excluding carboxylic acids is 1. The van der Waals surface area contributed by atoms with Crippen LogP contribution in [0.1, 0.15) is 17.9 Å². The average Bonchev–Trinajstić information content (AvgIpc) is 2.46. The number of carbonyl (C=O) groups is 1. The van der Waals surface area contributed by atoms with E-state index in [0.717, 1.165) is 5.56 Å². The lowest BCUT2D eigenvalue weighted by atomic mass is 10.1. The number of hydrogen-bond acceptors (Lipinski definition) is 3. The molecule has 19 heavy (non-hydrogen) atoms. The molecule has 0 bridgehead atoms. The molecule has 1 saturated heterocycles. The van der Waals surface area contributed by atoms with Crippen LogP contribution in [0.5, 0.6) is 0 Å². The van der Waals surface area contributed by atoms with E-state index in [2.05, 4.69) is 0 Å². The zero-order chi connectivity index (χ0) is 13.8. The van der Waals surface area contributed by atoms with Gasteiger partial charge < -0.3 is 14.7 Å². The Labute approximate surface area is 117 Å². The molecule has 3 unspecified atom stereocenters. The molecule has 1 aliphatic heterocycles. The fourth-order valence-corrected chi connectivity index (χ4v) is 2.53. The molecule has 0 spiro atoms. The number of morpholine rings is 1. The predicted octanol–water partition coefficient (Wildman–Crippen LogP) is 1.57. The first kappa shape index (κ1) is 14.3. The van der Waals surface area contributed by atoms with Crippen LogP contribution in [0, 0.1) is 0 Å². The van der Waals surface area contributed by atoms with Crippen molar-refractivity contribution in [1.29, 1.82) is 0 Å². The lowest BCUT2D eigenvalue weighted by Crippen LogP contribution is -2.51. The molecule has 4 nitrogen and oxygen atoms in total. The Hall–Kier alpha value is -1.10. The van der Waals surface area contributed by atoms with Crippen LogP contribution in [0.2, 0.25) is 0 Å². The summed E-state index contributed by atoms with van der Waals surface area (Å²) in [5, 5.41) is 8.48. The maximum Gasteiger partial charge on any atom is 0.245 e. The SMILES string of the molecule is CC1CN(C(=O)C(Cl)c2ccccc2)CC(CO)O1. The third kappa shape index (κ3) is 3.47. The summed E-state index contributed by atoms with van der Waals surface area (Å²) in [6, 6.07) is 9.27. The second-order valence-electron chi connectivity index (χ2n) is 4.77. The lowest BCUT2D eigenvalue weighted by molar-refractivity contribution is -0.146. The number of hydrogen-bond donors (Lipinski definition) is 1. The third-order valence-corrected chi connectivity index (χ3v) is 3.59. The minimum atomic E-state index is -0.689. The Morgan fingerprint density at radius 3 is 2.79 bits per heavy atom. The Bertz CT molecular complexity index is 426. The van der Waals surface area contributed by atoms with Crippen molar-refractivity contribution in [2.45, 2.75) is 24.5 Å². The summed E-state index contributed by atoms with van der Waals surface area (Å²) in [7, 11) is 0. The molecule has 104 valence electrons. The summed E-state index contributed by atoms with van der Waals surface area (Å²) in [5.41, 5.74) is 0.786. The van der Waals surface area contributed by atoms with Gasteiger partial charge >= 0.3 is 0 Å². The molecule has 0 saturated carbocycles. The molecule has 3 atom stereocenters. The number of nitrogens with zero attached hydrogens (tertiary/aromatic N) is 1. The fraction of sp³-hybridized carbons (Fsp3) is 0.500. The minimum absolute atomic E-state index is 0.0884. The van der Waals surface area contributed by atoms with Gasteiger partial charge in [0.15, 0.2) is 0 Å². The molecular weight excluding hydrogens is 266 g/mol. The molecule has 5 heteroatoms. The van der Waals surface area contributed by atoms with Crippen LogP contribution >= 0.6 is 11.6 Å². The van der Waals surface area contributed by atoms with Crippen LogP contribution in [0.3, 0.4) is 0 Å². The maximum absolute atomic E-state index is 12.4. The van der Waals surface area contributed by atoms with Gasteiger partial charge in [0, 0.05) is 13.1 Å². The molecule has 2 rings (SSSR count). The number of rotatable bonds is 3. The monoisotopic (exact) mass is 283 g/mol. The molecule has 1 N–H and O–H groups in total. The topological polar surface area (TPSA) is 49.8 Å². The first-order valence-corrected chi connectivity index (χ1v) is 6.79. The van der Waals surface area contributed by atoms with Gasteiger partial charge in [-0.05, 0) is 12.5 Å². The van der Waals surface area contributed by atoms with Crippen LogP contribution < -0.4 is 0 Å². The van der Waals surface area contributed by atoms with E-state index in [-0.39, 0.29) is 24.7 Å². The molecule has 1 aromatic carbocycles. The zero-order valence-electron chi connectivity index (χ0n) is 10.8. The molecule has 1 aromatic rings. The highest BCUT2D eigenvalue weighted by atomic mass is 35.5. The molecule has 1 amide bonds. The lowest BCUT2D eigenvalue weighted by Gasteiger charge is -2.37. The van der Waals surface area contributed by atoms with Crippen molar-refractivity contribution in [3.05, 3.63) is 35.9 Å². The van der Waals surface area contributed by atoms with Gasteiger partial charge in [0.25, 0.3) is 0 Å². The van der Waals surface area contributed by atoms with E-state index in [4.69, 9.17) is 21.4 Å². The van der Waals surface area contributed by atoms with Crippen molar-refractivity contribution in [1.82, 2.24) is 4.90 Å². The van der Waals surface area contributed by atoms with Gasteiger partial charge in [-0.1, -0.05) is 30.3 Å². The van der Waals surface area contributed by atoms with Crippen LogP contribution in [-0.2, 0) is 9.53 Å². The number of aliphatic hydroxyl groups excluding tert-OH is 1. The average molecular weight is 284 g/mol. The van der Waals surface area contributed by atoms with E-state index in [1.165, 1.54) is 0 Å². The van der Waals surface area contributed by atoms with E-state index in [1.54, 1.807) is 4.90 Å². The van der Waals surface area contributed by atoms with E-state index in [0.29, 0.717) is 13.1 Å². The van der Waals surface area contributed by atoms with Gasteiger partial charge in [0.2, 0.25) is 5.91 Å². The van der Waals surface area contributed by atoms with Crippen molar-refractivity contribution in [3.8, 4) is 0 Å². The summed E-state index contributed by atoms with van der Waals surface area (Å²) in [4.78, 5) is 14.0. The normalized spacial score (nSPS) is 25.1. The van der Waals surface area contributed by atoms with Crippen LogP contribution in [0.4, 0.5) is 0 Å². The van der Waals surface area contributed by atoms with Crippen LogP contribution in [0.25, 0.3) is 0 Å². The molecule has 0 aliphatic carbocycles. The quantitative estimate of drug-likeness (QED) is 0.857. The maximum atomic E-state index is 12.4. The van der Waals surface area contributed by atoms with Crippen molar-refractivity contribution in [2.75, 3.05) is 19.7 Å². The van der Waals surface area contributed by atoms with Gasteiger partial charge in [-0.25, -0.2) is 0 Å². The van der Waals surface area contributed by atoms with E-state index in [1.807, 2.05) is 37.3 Å². The Morgan fingerprint density at radius 1 is 1.47 bits per heavy atom. The Morgan fingerprint density at radius 2 is 2.16 bits per heavy atom. The van der Waals surface area contributed by atoms with Gasteiger partial charge in [0.05, 0.1) is 18.8 Å². The van der Waals surface area contributed by atoms with Crippen molar-refractivity contribution in [3.63, 3.8) is 0 Å². The number of halogens is 1. The van der Waals surface area contributed by atoms with Crippen molar-refractivity contribution < 1.29 is 14.6 Å². The van der Waals surface area contributed by atoms with E-state index < -0.39 is 5.38 Å².